The van der Waals surface area contributed by atoms with Gasteiger partial charge in [-0.25, -0.2) is 0 Å². The van der Waals surface area contributed by atoms with E-state index in [1.54, 1.807) is 0 Å². The fourth-order valence-electron chi connectivity index (χ4n) is 0.820. The van der Waals surface area contributed by atoms with E-state index in [9.17, 15) is 22.8 Å². The summed E-state index contributed by atoms with van der Waals surface area (Å²) in [5, 5.41) is 0. The van der Waals surface area contributed by atoms with Crippen LogP contribution in [0.15, 0.2) is 0 Å². The summed E-state index contributed by atoms with van der Waals surface area (Å²) in [5.74, 6) is -4.32. The quantitative estimate of drug-likeness (QED) is 0.354. The Morgan fingerprint density at radius 2 is 1.86 bits per heavy atom. The lowest BCUT2D eigenvalue weighted by molar-refractivity contribution is -0.131. The maximum absolute atomic E-state index is 11.1. The molecule has 0 fully saturated rings. The van der Waals surface area contributed by atoms with Crippen LogP contribution >= 0.6 is 0 Å². The van der Waals surface area contributed by atoms with Crippen LogP contribution in [-0.2, 0) is 24.5 Å². The normalized spacial score (nSPS) is 15.6. The molecule has 0 aromatic heterocycles. The Labute approximate surface area is 81.0 Å². The minimum Gasteiger partial charge on any atom is -0.303 e. The Balaban J connectivity index is 4.66. The van der Waals surface area contributed by atoms with Crippen LogP contribution in [0.4, 0.5) is 0 Å². The number of carbonyl (C=O) groups excluding carboxylic acids is 3. The molecule has 2 atom stereocenters. The van der Waals surface area contributed by atoms with Crippen molar-refractivity contribution in [1.29, 1.82) is 0 Å². The van der Waals surface area contributed by atoms with Crippen LogP contribution < -0.4 is 0 Å². The highest BCUT2D eigenvalue weighted by atomic mass is 32.2. The highest BCUT2D eigenvalue weighted by Gasteiger charge is 2.27. The summed E-state index contributed by atoms with van der Waals surface area (Å²) in [6.07, 6.45) is 0.416. The lowest BCUT2D eigenvalue weighted by Crippen LogP contribution is -2.29. The van der Waals surface area contributed by atoms with Crippen LogP contribution in [0.5, 0.6) is 0 Å². The molecule has 1 N–H and O–H groups in total. The molecule has 0 spiro atoms. The molecule has 0 rings (SSSR count). The van der Waals surface area contributed by atoms with Gasteiger partial charge in [0.1, 0.15) is 12.6 Å². The first-order chi connectivity index (χ1) is 6.31. The van der Waals surface area contributed by atoms with Crippen molar-refractivity contribution < 1.29 is 27.4 Å². The molecule has 0 aliphatic carbocycles. The second-order valence-corrected chi connectivity index (χ2v) is 4.32. The molecule has 0 bridgehead atoms. The van der Waals surface area contributed by atoms with Gasteiger partial charge in [-0.3, -0.25) is 9.35 Å². The minimum absolute atomic E-state index is 0.107. The molecule has 14 heavy (non-hydrogen) atoms. The van der Waals surface area contributed by atoms with E-state index in [1.807, 2.05) is 0 Å². The molecular weight excluding hydrogens is 212 g/mol. The molecule has 0 radical (unpaired) electrons. The molecule has 0 aliphatic rings. The lowest BCUT2D eigenvalue weighted by atomic mass is 9.98. The zero-order valence-corrected chi connectivity index (χ0v) is 8.23. The Kier molecular flexibility index (Phi) is 4.58. The molecule has 0 saturated heterocycles. The van der Waals surface area contributed by atoms with E-state index < -0.39 is 33.5 Å². The molecule has 2 unspecified atom stereocenters. The summed E-state index contributed by atoms with van der Waals surface area (Å²) in [6.45, 7) is 1.25. The van der Waals surface area contributed by atoms with Gasteiger partial charge < -0.3 is 9.59 Å². The van der Waals surface area contributed by atoms with E-state index in [2.05, 4.69) is 0 Å². The maximum atomic E-state index is 11.1. The van der Waals surface area contributed by atoms with Crippen molar-refractivity contribution in [2.24, 2.45) is 11.8 Å². The van der Waals surface area contributed by atoms with Gasteiger partial charge in [-0.05, 0) is 6.92 Å². The summed E-state index contributed by atoms with van der Waals surface area (Å²) in [7, 11) is -4.39. The number of ketones is 1. The molecule has 0 aromatic rings. The first-order valence-corrected chi connectivity index (χ1v) is 5.32. The van der Waals surface area contributed by atoms with Gasteiger partial charge in [-0.1, -0.05) is 0 Å². The van der Waals surface area contributed by atoms with Gasteiger partial charge in [-0.2, -0.15) is 8.42 Å². The lowest BCUT2D eigenvalue weighted by Gasteiger charge is -2.08. The zero-order valence-electron chi connectivity index (χ0n) is 7.41. The van der Waals surface area contributed by atoms with Crippen LogP contribution in [0.25, 0.3) is 0 Å². The first kappa shape index (κ1) is 12.9. The average molecular weight is 222 g/mol. The predicted molar refractivity (Wildman–Crippen MR) is 46.2 cm³/mol. The highest BCUT2D eigenvalue weighted by molar-refractivity contribution is 7.85. The van der Waals surface area contributed by atoms with Gasteiger partial charge in [0.25, 0.3) is 10.1 Å². The maximum Gasteiger partial charge on any atom is 0.266 e. The van der Waals surface area contributed by atoms with Crippen molar-refractivity contribution in [2.45, 2.75) is 6.92 Å². The van der Waals surface area contributed by atoms with Crippen molar-refractivity contribution >= 4 is 28.5 Å². The van der Waals surface area contributed by atoms with Crippen LogP contribution in [0.3, 0.4) is 0 Å². The van der Waals surface area contributed by atoms with Gasteiger partial charge in [0, 0.05) is 0 Å². The summed E-state index contributed by atoms with van der Waals surface area (Å²) < 4.78 is 29.1. The van der Waals surface area contributed by atoms with Crippen LogP contribution in [-0.4, -0.2) is 37.1 Å². The standard InChI is InChI=1S/C7H10O6S/c1-5(2-8)7(10)6(3-9)4-14(11,12)13/h2-3,5-6H,4H2,1H3,(H,11,12,13). The van der Waals surface area contributed by atoms with Gasteiger partial charge in [-0.15, -0.1) is 0 Å². The number of carbonyl (C=O) groups is 3. The minimum atomic E-state index is -4.39. The first-order valence-electron chi connectivity index (χ1n) is 3.71. The fourth-order valence-corrected chi connectivity index (χ4v) is 1.52. The van der Waals surface area contributed by atoms with Gasteiger partial charge in [0.05, 0.1) is 17.6 Å². The molecular formula is C7H10O6S. The van der Waals surface area contributed by atoms with E-state index in [-0.39, 0.29) is 6.29 Å². The third-order valence-electron chi connectivity index (χ3n) is 1.57. The Hall–Kier alpha value is -1.08. The number of aldehydes is 2. The third kappa shape index (κ3) is 4.24. The predicted octanol–water partition coefficient (Wildman–Crippen LogP) is -0.907. The topological polar surface area (TPSA) is 106 Å². The van der Waals surface area contributed by atoms with E-state index in [0.29, 0.717) is 6.29 Å². The Morgan fingerprint density at radius 3 is 2.14 bits per heavy atom. The van der Waals surface area contributed by atoms with Gasteiger partial charge >= 0.3 is 0 Å². The van der Waals surface area contributed by atoms with E-state index >= 15 is 0 Å². The average Bonchev–Trinajstić information content (AvgIpc) is 2.10. The number of hydrogen-bond acceptors (Lipinski definition) is 5. The smallest absolute Gasteiger partial charge is 0.266 e. The summed E-state index contributed by atoms with van der Waals surface area (Å²) in [6, 6.07) is 0. The number of Topliss-reactive ketones (excluding diaryl/α,β-unsaturated/α-hetero) is 1. The largest absolute Gasteiger partial charge is 0.303 e. The van der Waals surface area contributed by atoms with Crippen molar-refractivity contribution in [3.05, 3.63) is 0 Å². The molecule has 80 valence electrons. The number of hydrogen-bond donors (Lipinski definition) is 1. The Morgan fingerprint density at radius 1 is 1.36 bits per heavy atom. The molecule has 6 nitrogen and oxygen atoms in total. The fraction of sp³-hybridized carbons (Fsp3) is 0.571. The van der Waals surface area contributed by atoms with Crippen LogP contribution in [0.1, 0.15) is 6.92 Å². The second-order valence-electron chi connectivity index (χ2n) is 2.82. The third-order valence-corrected chi connectivity index (χ3v) is 2.35. The van der Waals surface area contributed by atoms with Crippen LogP contribution in [0, 0.1) is 11.8 Å². The summed E-state index contributed by atoms with van der Waals surface area (Å²) in [5.41, 5.74) is 0. The van der Waals surface area contributed by atoms with Gasteiger partial charge in [0.2, 0.25) is 0 Å². The second kappa shape index (κ2) is 4.97. The Bertz CT molecular complexity index is 330. The van der Waals surface area contributed by atoms with Gasteiger partial charge in [0.15, 0.2) is 5.78 Å². The van der Waals surface area contributed by atoms with Crippen molar-refractivity contribution in [1.82, 2.24) is 0 Å². The van der Waals surface area contributed by atoms with Crippen molar-refractivity contribution in [3.8, 4) is 0 Å². The highest BCUT2D eigenvalue weighted by Crippen LogP contribution is 2.06. The molecule has 0 saturated carbocycles. The number of rotatable bonds is 6. The van der Waals surface area contributed by atoms with Crippen molar-refractivity contribution in [3.63, 3.8) is 0 Å². The molecule has 0 aromatic carbocycles. The summed E-state index contributed by atoms with van der Waals surface area (Å²) in [4.78, 5) is 31.7. The monoisotopic (exact) mass is 222 g/mol. The van der Waals surface area contributed by atoms with E-state index in [4.69, 9.17) is 4.55 Å². The SMILES string of the molecule is CC(C=O)C(=O)C(C=O)CS(=O)(=O)O. The molecule has 7 heteroatoms. The van der Waals surface area contributed by atoms with E-state index in [1.165, 1.54) is 6.92 Å². The van der Waals surface area contributed by atoms with Crippen LogP contribution in [0.2, 0.25) is 0 Å². The molecule has 0 aliphatic heterocycles. The zero-order chi connectivity index (χ0) is 11.4. The van der Waals surface area contributed by atoms with Crippen molar-refractivity contribution in [2.75, 3.05) is 5.75 Å². The molecule has 0 amide bonds. The molecule has 0 heterocycles. The van der Waals surface area contributed by atoms with E-state index in [0.717, 1.165) is 0 Å². The summed E-state index contributed by atoms with van der Waals surface area (Å²) >= 11 is 0.